The third-order valence-electron chi connectivity index (χ3n) is 3.55. The van der Waals surface area contributed by atoms with Gasteiger partial charge in [-0.25, -0.2) is 0 Å². The molecule has 0 aliphatic heterocycles. The molecule has 0 saturated carbocycles. The van der Waals surface area contributed by atoms with Gasteiger partial charge in [0.05, 0.1) is 6.04 Å². The molecule has 106 valence electrons. The third kappa shape index (κ3) is 3.71. The van der Waals surface area contributed by atoms with Crippen LogP contribution >= 0.6 is 15.9 Å². The second-order valence-electron chi connectivity index (χ2n) is 5.30. The van der Waals surface area contributed by atoms with Gasteiger partial charge in [-0.3, -0.25) is 0 Å². The van der Waals surface area contributed by atoms with Gasteiger partial charge < -0.3 is 5.32 Å². The summed E-state index contributed by atoms with van der Waals surface area (Å²) in [6.45, 7) is 7.53. The van der Waals surface area contributed by atoms with Gasteiger partial charge in [-0.1, -0.05) is 58.7 Å². The first-order chi connectivity index (χ1) is 9.61. The molecule has 0 bridgehead atoms. The zero-order chi connectivity index (χ0) is 14.5. The Kier molecular flexibility index (Phi) is 5.38. The van der Waals surface area contributed by atoms with Crippen LogP contribution in [0, 0.1) is 13.8 Å². The first-order valence-corrected chi connectivity index (χ1v) is 7.97. The average molecular weight is 332 g/mol. The fourth-order valence-corrected chi connectivity index (χ4v) is 2.89. The van der Waals surface area contributed by atoms with Crippen LogP contribution in [0.1, 0.15) is 41.6 Å². The normalized spacial score (nSPS) is 12.4. The van der Waals surface area contributed by atoms with Crippen molar-refractivity contribution in [2.75, 3.05) is 6.54 Å². The van der Waals surface area contributed by atoms with Crippen molar-refractivity contribution < 1.29 is 0 Å². The van der Waals surface area contributed by atoms with Crippen molar-refractivity contribution in [1.82, 2.24) is 5.32 Å². The molecule has 20 heavy (non-hydrogen) atoms. The summed E-state index contributed by atoms with van der Waals surface area (Å²) in [4.78, 5) is 0. The number of aryl methyl sites for hydroxylation is 2. The molecule has 0 aromatic heterocycles. The SMILES string of the molecule is CCCNC(c1ccc(C)cc1)c1ccc(Br)cc1C. The maximum absolute atomic E-state index is 3.67. The Morgan fingerprint density at radius 2 is 1.75 bits per heavy atom. The van der Waals surface area contributed by atoms with Crippen LogP contribution in [0.2, 0.25) is 0 Å². The van der Waals surface area contributed by atoms with E-state index in [1.165, 1.54) is 22.3 Å². The Morgan fingerprint density at radius 3 is 2.35 bits per heavy atom. The van der Waals surface area contributed by atoms with Gasteiger partial charge in [0.2, 0.25) is 0 Å². The van der Waals surface area contributed by atoms with Crippen LogP contribution in [-0.4, -0.2) is 6.54 Å². The lowest BCUT2D eigenvalue weighted by Crippen LogP contribution is -2.23. The van der Waals surface area contributed by atoms with Gasteiger partial charge in [-0.15, -0.1) is 0 Å². The molecule has 2 rings (SSSR count). The van der Waals surface area contributed by atoms with Crippen LogP contribution in [-0.2, 0) is 0 Å². The fraction of sp³-hybridized carbons (Fsp3) is 0.333. The van der Waals surface area contributed by atoms with Crippen molar-refractivity contribution >= 4 is 15.9 Å². The predicted octanol–water partition coefficient (Wildman–Crippen LogP) is 5.15. The largest absolute Gasteiger partial charge is 0.306 e. The molecule has 2 heteroatoms. The maximum atomic E-state index is 3.67. The van der Waals surface area contributed by atoms with E-state index in [-0.39, 0.29) is 6.04 Å². The molecule has 0 fully saturated rings. The standard InChI is InChI=1S/C18H22BrN/c1-4-11-20-18(15-7-5-13(2)6-8-15)17-10-9-16(19)12-14(17)3/h5-10,12,18,20H,4,11H2,1-3H3. The van der Waals surface area contributed by atoms with Crippen LogP contribution in [0.3, 0.4) is 0 Å². The molecule has 2 aromatic carbocycles. The van der Waals surface area contributed by atoms with E-state index in [9.17, 15) is 0 Å². The van der Waals surface area contributed by atoms with Crippen LogP contribution in [0.25, 0.3) is 0 Å². The predicted molar refractivity (Wildman–Crippen MR) is 90.2 cm³/mol. The summed E-state index contributed by atoms with van der Waals surface area (Å²) in [6.07, 6.45) is 1.14. The number of hydrogen-bond donors (Lipinski definition) is 1. The molecule has 0 aliphatic rings. The highest BCUT2D eigenvalue weighted by Crippen LogP contribution is 2.27. The first kappa shape index (κ1) is 15.3. The van der Waals surface area contributed by atoms with E-state index in [1.807, 2.05) is 0 Å². The van der Waals surface area contributed by atoms with E-state index in [0.717, 1.165) is 17.4 Å². The Morgan fingerprint density at radius 1 is 1.05 bits per heavy atom. The van der Waals surface area contributed by atoms with Gasteiger partial charge in [0.25, 0.3) is 0 Å². The van der Waals surface area contributed by atoms with E-state index in [1.54, 1.807) is 0 Å². The van der Waals surface area contributed by atoms with Gasteiger partial charge >= 0.3 is 0 Å². The Hall–Kier alpha value is -1.12. The van der Waals surface area contributed by atoms with Gasteiger partial charge in [-0.05, 0) is 55.6 Å². The molecule has 0 heterocycles. The topological polar surface area (TPSA) is 12.0 Å². The zero-order valence-electron chi connectivity index (χ0n) is 12.4. The van der Waals surface area contributed by atoms with E-state index in [2.05, 4.69) is 84.5 Å². The fourth-order valence-electron chi connectivity index (χ4n) is 2.42. The summed E-state index contributed by atoms with van der Waals surface area (Å²) in [5.41, 5.74) is 5.30. The van der Waals surface area contributed by atoms with Crippen LogP contribution in [0.4, 0.5) is 0 Å². The van der Waals surface area contributed by atoms with Gasteiger partial charge in [-0.2, -0.15) is 0 Å². The number of nitrogens with one attached hydrogen (secondary N) is 1. The molecular weight excluding hydrogens is 310 g/mol. The monoisotopic (exact) mass is 331 g/mol. The number of rotatable bonds is 5. The van der Waals surface area contributed by atoms with Crippen LogP contribution < -0.4 is 5.32 Å². The molecule has 1 nitrogen and oxygen atoms in total. The Labute approximate surface area is 130 Å². The second kappa shape index (κ2) is 7.05. The van der Waals surface area contributed by atoms with E-state index in [4.69, 9.17) is 0 Å². The summed E-state index contributed by atoms with van der Waals surface area (Å²) in [7, 11) is 0. The lowest BCUT2D eigenvalue weighted by molar-refractivity contribution is 0.596. The van der Waals surface area contributed by atoms with E-state index >= 15 is 0 Å². The summed E-state index contributed by atoms with van der Waals surface area (Å²) in [5, 5.41) is 3.67. The van der Waals surface area contributed by atoms with Crippen molar-refractivity contribution in [3.63, 3.8) is 0 Å². The molecular formula is C18H22BrN. The summed E-state index contributed by atoms with van der Waals surface area (Å²) in [6, 6.07) is 15.6. The molecule has 0 radical (unpaired) electrons. The molecule has 2 aromatic rings. The minimum Gasteiger partial charge on any atom is -0.306 e. The summed E-state index contributed by atoms with van der Waals surface area (Å²) >= 11 is 3.54. The average Bonchev–Trinajstić information content (AvgIpc) is 2.42. The van der Waals surface area contributed by atoms with Crippen molar-refractivity contribution in [3.8, 4) is 0 Å². The molecule has 0 aliphatic carbocycles. The number of halogens is 1. The lowest BCUT2D eigenvalue weighted by atomic mass is 9.94. The molecule has 1 N–H and O–H groups in total. The number of benzene rings is 2. The van der Waals surface area contributed by atoms with Crippen molar-refractivity contribution in [1.29, 1.82) is 0 Å². The van der Waals surface area contributed by atoms with Crippen LogP contribution in [0.15, 0.2) is 46.9 Å². The van der Waals surface area contributed by atoms with Gasteiger partial charge in [0.15, 0.2) is 0 Å². The second-order valence-corrected chi connectivity index (χ2v) is 6.21. The quantitative estimate of drug-likeness (QED) is 0.798. The lowest BCUT2D eigenvalue weighted by Gasteiger charge is -2.22. The molecule has 1 atom stereocenters. The maximum Gasteiger partial charge on any atom is 0.0579 e. The van der Waals surface area contributed by atoms with Crippen LogP contribution in [0.5, 0.6) is 0 Å². The highest BCUT2D eigenvalue weighted by atomic mass is 79.9. The minimum absolute atomic E-state index is 0.267. The Bertz CT molecular complexity index is 560. The smallest absolute Gasteiger partial charge is 0.0579 e. The zero-order valence-corrected chi connectivity index (χ0v) is 14.0. The van der Waals surface area contributed by atoms with Crippen molar-refractivity contribution in [2.24, 2.45) is 0 Å². The van der Waals surface area contributed by atoms with Gasteiger partial charge in [0.1, 0.15) is 0 Å². The van der Waals surface area contributed by atoms with Gasteiger partial charge in [0, 0.05) is 4.47 Å². The molecule has 0 amide bonds. The molecule has 1 unspecified atom stereocenters. The highest BCUT2D eigenvalue weighted by molar-refractivity contribution is 9.10. The van der Waals surface area contributed by atoms with E-state index < -0.39 is 0 Å². The third-order valence-corrected chi connectivity index (χ3v) is 4.05. The minimum atomic E-state index is 0.267. The highest BCUT2D eigenvalue weighted by Gasteiger charge is 2.15. The molecule has 0 saturated heterocycles. The summed E-state index contributed by atoms with van der Waals surface area (Å²) in [5.74, 6) is 0. The first-order valence-electron chi connectivity index (χ1n) is 7.18. The van der Waals surface area contributed by atoms with Crippen molar-refractivity contribution in [3.05, 3.63) is 69.2 Å². The summed E-state index contributed by atoms with van der Waals surface area (Å²) < 4.78 is 1.14. The van der Waals surface area contributed by atoms with Crippen molar-refractivity contribution in [2.45, 2.75) is 33.2 Å². The van der Waals surface area contributed by atoms with E-state index in [0.29, 0.717) is 0 Å². The molecule has 0 spiro atoms. The Balaban J connectivity index is 2.38. The number of hydrogen-bond acceptors (Lipinski definition) is 1.